The lowest BCUT2D eigenvalue weighted by Crippen LogP contribution is -2.29. The molecule has 1 aromatic carbocycles. The minimum absolute atomic E-state index is 0.326. The number of rotatable bonds is 6. The van der Waals surface area contributed by atoms with Gasteiger partial charge in [-0.2, -0.15) is 5.10 Å². The molecule has 0 amide bonds. The molecule has 1 N–H and O–H groups in total. The number of aliphatic hydroxyl groups is 1. The molecular formula is C15H20FN3O. The minimum atomic E-state index is -1.12. The molecule has 108 valence electrons. The van der Waals surface area contributed by atoms with Gasteiger partial charge in [0.25, 0.3) is 0 Å². The Labute approximate surface area is 118 Å². The van der Waals surface area contributed by atoms with E-state index in [0.29, 0.717) is 18.4 Å². The molecule has 0 aliphatic carbocycles. The van der Waals surface area contributed by atoms with Crippen LogP contribution < -0.4 is 0 Å². The van der Waals surface area contributed by atoms with Gasteiger partial charge in [0.2, 0.25) is 0 Å². The third kappa shape index (κ3) is 3.04. The summed E-state index contributed by atoms with van der Waals surface area (Å²) in [4.78, 5) is 4.21. The molecule has 1 aromatic heterocycles. The van der Waals surface area contributed by atoms with Gasteiger partial charge in [-0.15, -0.1) is 0 Å². The predicted molar refractivity (Wildman–Crippen MR) is 74.6 cm³/mol. The molecule has 0 saturated heterocycles. The van der Waals surface area contributed by atoms with E-state index in [-0.39, 0.29) is 5.82 Å². The summed E-state index contributed by atoms with van der Waals surface area (Å²) in [6.45, 7) is 4.70. The van der Waals surface area contributed by atoms with Crippen LogP contribution in [0.15, 0.2) is 30.6 Å². The molecule has 0 bridgehead atoms. The lowest BCUT2D eigenvalue weighted by molar-refractivity contribution is 0.0293. The molecule has 1 unspecified atom stereocenters. The zero-order valence-corrected chi connectivity index (χ0v) is 11.9. The summed E-state index contributed by atoms with van der Waals surface area (Å²) in [5, 5.41) is 15.0. The fourth-order valence-electron chi connectivity index (χ4n) is 2.29. The third-order valence-electron chi connectivity index (χ3n) is 3.53. The van der Waals surface area contributed by atoms with E-state index in [9.17, 15) is 9.50 Å². The van der Waals surface area contributed by atoms with Crippen LogP contribution in [0.4, 0.5) is 4.39 Å². The maximum atomic E-state index is 13.4. The molecule has 0 fully saturated rings. The Morgan fingerprint density at radius 1 is 1.35 bits per heavy atom. The van der Waals surface area contributed by atoms with E-state index in [2.05, 4.69) is 17.0 Å². The first-order valence-corrected chi connectivity index (χ1v) is 6.94. The average molecular weight is 277 g/mol. The van der Waals surface area contributed by atoms with Gasteiger partial charge in [0.15, 0.2) is 0 Å². The highest BCUT2D eigenvalue weighted by Crippen LogP contribution is 2.29. The van der Waals surface area contributed by atoms with Gasteiger partial charge < -0.3 is 5.11 Å². The van der Waals surface area contributed by atoms with Crippen molar-refractivity contribution in [3.63, 3.8) is 0 Å². The first-order valence-electron chi connectivity index (χ1n) is 6.94. The highest BCUT2D eigenvalue weighted by Gasteiger charge is 2.30. The minimum Gasteiger partial charge on any atom is -0.385 e. The number of benzene rings is 1. The van der Waals surface area contributed by atoms with Crippen molar-refractivity contribution < 1.29 is 9.50 Å². The van der Waals surface area contributed by atoms with Crippen molar-refractivity contribution >= 4 is 0 Å². The Hall–Kier alpha value is -1.75. The molecule has 1 atom stereocenters. The maximum Gasteiger partial charge on any atom is 0.138 e. The molecule has 20 heavy (non-hydrogen) atoms. The normalized spacial score (nSPS) is 14.2. The predicted octanol–water partition coefficient (Wildman–Crippen LogP) is 2.67. The number of nitrogens with zero attached hydrogens (tertiary/aromatic N) is 3. The number of hydrogen-bond acceptors (Lipinski definition) is 3. The van der Waals surface area contributed by atoms with Gasteiger partial charge in [0.1, 0.15) is 18.0 Å². The van der Waals surface area contributed by atoms with Crippen LogP contribution >= 0.6 is 0 Å². The van der Waals surface area contributed by atoms with Crippen LogP contribution in [0.3, 0.4) is 0 Å². The SMILES string of the molecule is CCCn1ncnc1CC(O)(CC)c1cccc(F)c1. The molecule has 0 aliphatic heterocycles. The van der Waals surface area contributed by atoms with Gasteiger partial charge in [0, 0.05) is 13.0 Å². The largest absolute Gasteiger partial charge is 0.385 e. The van der Waals surface area contributed by atoms with E-state index in [1.807, 2.05) is 6.92 Å². The van der Waals surface area contributed by atoms with Gasteiger partial charge >= 0.3 is 0 Å². The lowest BCUT2D eigenvalue weighted by Gasteiger charge is -2.27. The zero-order valence-electron chi connectivity index (χ0n) is 11.9. The van der Waals surface area contributed by atoms with Crippen molar-refractivity contribution in [3.05, 3.63) is 47.8 Å². The van der Waals surface area contributed by atoms with E-state index in [1.54, 1.807) is 16.8 Å². The molecule has 0 radical (unpaired) electrons. The second kappa shape index (κ2) is 6.13. The summed E-state index contributed by atoms with van der Waals surface area (Å²) < 4.78 is 15.2. The smallest absolute Gasteiger partial charge is 0.138 e. The highest BCUT2D eigenvalue weighted by molar-refractivity contribution is 5.24. The van der Waals surface area contributed by atoms with E-state index in [1.165, 1.54) is 18.5 Å². The molecule has 4 nitrogen and oxygen atoms in total. The van der Waals surface area contributed by atoms with Crippen LogP contribution in [-0.2, 0) is 18.6 Å². The standard InChI is InChI=1S/C15H20FN3O/c1-3-8-19-14(17-11-18-19)10-15(20,4-2)12-6-5-7-13(16)9-12/h5-7,9,11,20H,3-4,8,10H2,1-2H3. The van der Waals surface area contributed by atoms with Crippen molar-refractivity contribution in [3.8, 4) is 0 Å². The first-order chi connectivity index (χ1) is 9.59. The Balaban J connectivity index is 2.29. The molecule has 5 heteroatoms. The quantitative estimate of drug-likeness (QED) is 0.883. The number of halogens is 1. The second-order valence-corrected chi connectivity index (χ2v) is 4.97. The highest BCUT2D eigenvalue weighted by atomic mass is 19.1. The van der Waals surface area contributed by atoms with Gasteiger partial charge in [0.05, 0.1) is 5.60 Å². The molecule has 0 spiro atoms. The lowest BCUT2D eigenvalue weighted by atomic mass is 9.87. The maximum absolute atomic E-state index is 13.4. The van der Waals surface area contributed by atoms with Gasteiger partial charge in [-0.1, -0.05) is 26.0 Å². The molecule has 1 heterocycles. The van der Waals surface area contributed by atoms with Crippen molar-refractivity contribution in [2.24, 2.45) is 0 Å². The van der Waals surface area contributed by atoms with Crippen molar-refractivity contribution in [1.82, 2.24) is 14.8 Å². The Morgan fingerprint density at radius 3 is 2.80 bits per heavy atom. The van der Waals surface area contributed by atoms with E-state index >= 15 is 0 Å². The van der Waals surface area contributed by atoms with Crippen LogP contribution in [0.2, 0.25) is 0 Å². The van der Waals surface area contributed by atoms with Crippen molar-refractivity contribution in [1.29, 1.82) is 0 Å². The Kier molecular flexibility index (Phi) is 4.49. The molecule has 2 aromatic rings. The summed E-state index contributed by atoms with van der Waals surface area (Å²) in [6, 6.07) is 6.11. The van der Waals surface area contributed by atoms with Crippen LogP contribution in [-0.4, -0.2) is 19.9 Å². The first kappa shape index (κ1) is 14.7. The summed E-state index contributed by atoms with van der Waals surface area (Å²) in [5.74, 6) is 0.380. The van der Waals surface area contributed by atoms with Gasteiger partial charge in [-0.3, -0.25) is 0 Å². The fraction of sp³-hybridized carbons (Fsp3) is 0.467. The van der Waals surface area contributed by atoms with E-state index in [4.69, 9.17) is 0 Å². The average Bonchev–Trinajstić information content (AvgIpc) is 2.86. The zero-order chi connectivity index (χ0) is 14.6. The monoisotopic (exact) mass is 277 g/mol. The second-order valence-electron chi connectivity index (χ2n) is 4.97. The van der Waals surface area contributed by atoms with Gasteiger partial charge in [-0.25, -0.2) is 14.1 Å². The Bertz CT molecular complexity index is 570. The van der Waals surface area contributed by atoms with Crippen LogP contribution in [0.5, 0.6) is 0 Å². The molecular weight excluding hydrogens is 257 g/mol. The summed E-state index contributed by atoms with van der Waals surface area (Å²) in [5.41, 5.74) is -0.549. The van der Waals surface area contributed by atoms with Gasteiger partial charge in [-0.05, 0) is 30.5 Å². The molecule has 2 rings (SSSR count). The van der Waals surface area contributed by atoms with Crippen LogP contribution in [0, 0.1) is 5.82 Å². The third-order valence-corrected chi connectivity index (χ3v) is 3.53. The molecule has 0 saturated carbocycles. The van der Waals surface area contributed by atoms with E-state index < -0.39 is 5.60 Å². The molecule has 0 aliphatic rings. The van der Waals surface area contributed by atoms with Crippen molar-refractivity contribution in [2.75, 3.05) is 0 Å². The summed E-state index contributed by atoms with van der Waals surface area (Å²) in [7, 11) is 0. The number of hydrogen-bond donors (Lipinski definition) is 1. The van der Waals surface area contributed by atoms with Crippen molar-refractivity contribution in [2.45, 2.75) is 45.3 Å². The fourth-order valence-corrected chi connectivity index (χ4v) is 2.29. The summed E-state index contributed by atoms with van der Waals surface area (Å²) in [6.07, 6.45) is 3.25. The summed E-state index contributed by atoms with van der Waals surface area (Å²) >= 11 is 0. The van der Waals surface area contributed by atoms with Crippen LogP contribution in [0.1, 0.15) is 38.1 Å². The number of aromatic nitrogens is 3. The van der Waals surface area contributed by atoms with E-state index in [0.717, 1.165) is 18.8 Å². The topological polar surface area (TPSA) is 50.9 Å². The Morgan fingerprint density at radius 2 is 2.15 bits per heavy atom. The number of aryl methyl sites for hydroxylation is 1. The van der Waals surface area contributed by atoms with Crippen LogP contribution in [0.25, 0.3) is 0 Å².